The van der Waals surface area contributed by atoms with E-state index >= 15 is 0 Å². The molecule has 0 saturated carbocycles. The monoisotopic (exact) mass is 654 g/mol. The van der Waals surface area contributed by atoms with E-state index in [-0.39, 0.29) is 0 Å². The Morgan fingerprint density at radius 1 is 0.522 bits per heavy atom. The Morgan fingerprint density at radius 3 is 1.83 bits per heavy atom. The van der Waals surface area contributed by atoms with Gasteiger partial charge in [0.2, 0.25) is 0 Å². The van der Waals surface area contributed by atoms with Crippen molar-refractivity contribution < 1.29 is 0 Å². The topological polar surface area (TPSA) is 24.7 Å². The van der Waals surface area contributed by atoms with Gasteiger partial charge >= 0.3 is 0 Å². The highest BCUT2D eigenvalue weighted by Crippen LogP contribution is 2.57. The molecule has 0 radical (unpaired) electrons. The summed E-state index contributed by atoms with van der Waals surface area (Å²) in [5.74, 6) is 0.715. The number of aliphatic imine (C=N–C) groups is 2. The molecule has 6 aromatic carbocycles. The lowest BCUT2D eigenvalue weighted by molar-refractivity contribution is 0.768. The van der Waals surface area contributed by atoms with E-state index in [0.717, 1.165) is 45.4 Å². The molecule has 0 N–H and O–H groups in total. The van der Waals surface area contributed by atoms with Crippen LogP contribution in [0.15, 0.2) is 178 Å². The molecule has 1 aliphatic carbocycles. The smallest absolute Gasteiger partial charge is 0.160 e. The van der Waals surface area contributed by atoms with Gasteiger partial charge in [-0.2, -0.15) is 0 Å². The van der Waals surface area contributed by atoms with E-state index in [1.165, 1.54) is 33.4 Å². The number of halogens is 1. The fourth-order valence-corrected chi connectivity index (χ4v) is 7.59. The van der Waals surface area contributed by atoms with Gasteiger partial charge in [-0.05, 0) is 63.9 Å². The Hall–Kier alpha value is -5.12. The van der Waals surface area contributed by atoms with Gasteiger partial charge in [-0.1, -0.05) is 168 Å². The first kappa shape index (κ1) is 28.4. The first-order valence-electron chi connectivity index (χ1n) is 15.8. The van der Waals surface area contributed by atoms with Crippen molar-refractivity contribution in [3.05, 3.63) is 207 Å². The Morgan fingerprint density at radius 2 is 1.11 bits per heavy atom. The molecular formula is C43H31BrN2. The number of nitrogens with zero attached hydrogens (tertiary/aromatic N) is 2. The molecule has 6 aromatic rings. The van der Waals surface area contributed by atoms with Gasteiger partial charge in [0.1, 0.15) is 0 Å². The summed E-state index contributed by atoms with van der Waals surface area (Å²) in [6.45, 7) is 0. The van der Waals surface area contributed by atoms with Crippen molar-refractivity contribution in [2.45, 2.75) is 18.3 Å². The molecule has 0 amide bonds. The van der Waals surface area contributed by atoms with Crippen molar-refractivity contribution in [2.75, 3.05) is 0 Å². The maximum atomic E-state index is 5.41. The SMILES string of the molecule is Brc1cccc(C2=N/C(c3cccc4c3-c3ccccc3C4(c3ccccc3)c3ccccc3)=C\CCC(c3ccccc3)=N2)c1. The Balaban J connectivity index is 1.39. The third kappa shape index (κ3) is 4.79. The molecule has 0 unspecified atom stereocenters. The fourth-order valence-electron chi connectivity index (χ4n) is 7.19. The summed E-state index contributed by atoms with van der Waals surface area (Å²) >= 11 is 3.68. The zero-order valence-electron chi connectivity index (χ0n) is 25.3. The lowest BCUT2D eigenvalue weighted by atomic mass is 9.67. The maximum absolute atomic E-state index is 5.41. The summed E-state index contributed by atoms with van der Waals surface area (Å²) in [4.78, 5) is 10.7. The molecule has 0 spiro atoms. The zero-order chi connectivity index (χ0) is 30.9. The zero-order valence-corrected chi connectivity index (χ0v) is 26.9. The maximum Gasteiger partial charge on any atom is 0.160 e. The minimum absolute atomic E-state index is 0.456. The van der Waals surface area contributed by atoms with Gasteiger partial charge in [0, 0.05) is 15.6 Å². The molecular weight excluding hydrogens is 624 g/mol. The second-order valence-corrected chi connectivity index (χ2v) is 12.7. The van der Waals surface area contributed by atoms with Gasteiger partial charge in [0.25, 0.3) is 0 Å². The van der Waals surface area contributed by atoms with Crippen molar-refractivity contribution in [1.82, 2.24) is 0 Å². The molecule has 1 heterocycles. The van der Waals surface area contributed by atoms with Crippen LogP contribution >= 0.6 is 15.9 Å². The van der Waals surface area contributed by atoms with Crippen molar-refractivity contribution in [2.24, 2.45) is 9.98 Å². The van der Waals surface area contributed by atoms with Crippen molar-refractivity contribution in [3.8, 4) is 11.1 Å². The second kappa shape index (κ2) is 12.0. The normalized spacial score (nSPS) is 16.2. The number of fused-ring (bicyclic) bond motifs is 3. The van der Waals surface area contributed by atoms with Crippen LogP contribution in [-0.4, -0.2) is 11.5 Å². The van der Waals surface area contributed by atoms with Crippen LogP contribution in [0.2, 0.25) is 0 Å². The third-order valence-corrected chi connectivity index (χ3v) is 9.63. The predicted molar refractivity (Wildman–Crippen MR) is 195 cm³/mol. The minimum atomic E-state index is -0.456. The molecule has 3 heteroatoms. The fraction of sp³-hybridized carbons (Fsp3) is 0.0698. The van der Waals surface area contributed by atoms with Crippen molar-refractivity contribution >= 4 is 33.2 Å². The lowest BCUT2D eigenvalue weighted by Crippen LogP contribution is -2.28. The van der Waals surface area contributed by atoms with E-state index < -0.39 is 5.41 Å². The standard InChI is InChI=1S/C43H31BrN2/c44-34-22-12-17-31(29-34)42-45-39(30-15-4-1-5-16-30)27-14-28-40(46-42)36-24-13-26-38-41(36)35-23-10-11-25-37(35)43(38,32-18-6-2-7-19-32)33-20-8-3-9-21-33/h1-13,15-26,28-29H,14,27H2/b40-28-,45-39?,46-42?. The van der Waals surface area contributed by atoms with Gasteiger partial charge in [-0.25, -0.2) is 9.98 Å². The van der Waals surface area contributed by atoms with Crippen LogP contribution in [0.4, 0.5) is 0 Å². The number of amidine groups is 1. The molecule has 0 saturated heterocycles. The third-order valence-electron chi connectivity index (χ3n) is 9.13. The van der Waals surface area contributed by atoms with Crippen LogP contribution in [0.25, 0.3) is 16.8 Å². The van der Waals surface area contributed by atoms with E-state index in [0.29, 0.717) is 5.84 Å². The van der Waals surface area contributed by atoms with Gasteiger partial charge < -0.3 is 0 Å². The minimum Gasteiger partial charge on any atom is -0.232 e. The highest BCUT2D eigenvalue weighted by atomic mass is 79.9. The highest BCUT2D eigenvalue weighted by molar-refractivity contribution is 9.10. The van der Waals surface area contributed by atoms with Gasteiger partial charge in [0.05, 0.1) is 16.8 Å². The molecule has 220 valence electrons. The Labute approximate surface area is 278 Å². The number of hydrogen-bond acceptors (Lipinski definition) is 2. The summed E-state index contributed by atoms with van der Waals surface area (Å²) in [5, 5.41) is 0. The van der Waals surface area contributed by atoms with Crippen LogP contribution in [-0.2, 0) is 5.41 Å². The summed E-state index contributed by atoms with van der Waals surface area (Å²) in [6.07, 6.45) is 3.97. The summed E-state index contributed by atoms with van der Waals surface area (Å²) in [7, 11) is 0. The first-order valence-corrected chi connectivity index (χ1v) is 16.6. The van der Waals surface area contributed by atoms with E-state index in [1.807, 2.05) is 18.2 Å². The van der Waals surface area contributed by atoms with Crippen LogP contribution in [0.1, 0.15) is 51.8 Å². The predicted octanol–water partition coefficient (Wildman–Crippen LogP) is 10.9. The Kier molecular flexibility index (Phi) is 7.40. The number of hydrogen-bond donors (Lipinski definition) is 0. The van der Waals surface area contributed by atoms with Crippen molar-refractivity contribution in [1.29, 1.82) is 0 Å². The molecule has 1 aliphatic heterocycles. The number of benzene rings is 6. The highest BCUT2D eigenvalue weighted by Gasteiger charge is 2.46. The number of allylic oxidation sites excluding steroid dienone is 1. The van der Waals surface area contributed by atoms with Gasteiger partial charge in [-0.3, -0.25) is 0 Å². The average molecular weight is 656 g/mol. The average Bonchev–Trinajstić information content (AvgIpc) is 3.41. The molecule has 46 heavy (non-hydrogen) atoms. The number of rotatable bonds is 5. The van der Waals surface area contributed by atoms with E-state index in [2.05, 4.69) is 162 Å². The van der Waals surface area contributed by atoms with Crippen LogP contribution in [0.3, 0.4) is 0 Å². The van der Waals surface area contributed by atoms with Crippen molar-refractivity contribution in [3.63, 3.8) is 0 Å². The first-order chi connectivity index (χ1) is 22.7. The lowest BCUT2D eigenvalue weighted by Gasteiger charge is -2.34. The van der Waals surface area contributed by atoms with Crippen LogP contribution < -0.4 is 0 Å². The molecule has 2 nitrogen and oxygen atoms in total. The largest absolute Gasteiger partial charge is 0.232 e. The summed E-state index contributed by atoms with van der Waals surface area (Å²) < 4.78 is 1.00. The quantitative estimate of drug-likeness (QED) is 0.176. The molecule has 0 fully saturated rings. The molecule has 0 atom stereocenters. The second-order valence-electron chi connectivity index (χ2n) is 11.8. The molecule has 8 rings (SSSR count). The van der Waals surface area contributed by atoms with Gasteiger partial charge in [0.15, 0.2) is 5.84 Å². The molecule has 0 aromatic heterocycles. The molecule has 0 bridgehead atoms. The van der Waals surface area contributed by atoms with Gasteiger partial charge in [-0.15, -0.1) is 0 Å². The Bertz CT molecular complexity index is 2110. The summed E-state index contributed by atoms with van der Waals surface area (Å²) in [5.41, 5.74) is 12.4. The van der Waals surface area contributed by atoms with Crippen LogP contribution in [0, 0.1) is 0 Å². The molecule has 2 aliphatic rings. The van der Waals surface area contributed by atoms with E-state index in [1.54, 1.807) is 0 Å². The van der Waals surface area contributed by atoms with E-state index in [9.17, 15) is 0 Å². The summed E-state index contributed by atoms with van der Waals surface area (Å²) in [6, 6.07) is 56.3. The van der Waals surface area contributed by atoms with E-state index in [4.69, 9.17) is 9.98 Å². The van der Waals surface area contributed by atoms with Crippen LogP contribution in [0.5, 0.6) is 0 Å².